The van der Waals surface area contributed by atoms with E-state index in [2.05, 4.69) is 15.5 Å². The van der Waals surface area contributed by atoms with Crippen molar-refractivity contribution in [2.24, 2.45) is 0 Å². The zero-order valence-electron chi connectivity index (χ0n) is 23.1. The highest BCUT2D eigenvalue weighted by Gasteiger charge is 2.26. The van der Waals surface area contributed by atoms with E-state index in [1.807, 2.05) is 75.4 Å². The SMILES string of the molecule is Cc1ccc(C(=O)Nc2ccc(N3CCN(C(=O)NC(C)C)CC3)c(C(=O)N(C)Cc3ccccc3)c2)cc1. The molecule has 0 spiro atoms. The van der Waals surface area contributed by atoms with Gasteiger partial charge in [-0.25, -0.2) is 4.79 Å². The number of carbonyl (C=O) groups is 3. The number of nitrogens with zero attached hydrogens (tertiary/aromatic N) is 3. The molecule has 2 N–H and O–H groups in total. The Bertz CT molecular complexity index is 1300. The lowest BCUT2D eigenvalue weighted by atomic mass is 10.1. The third kappa shape index (κ3) is 7.16. The van der Waals surface area contributed by atoms with Crippen molar-refractivity contribution in [2.75, 3.05) is 43.4 Å². The summed E-state index contributed by atoms with van der Waals surface area (Å²) in [6, 6.07) is 22.7. The van der Waals surface area contributed by atoms with Crippen LogP contribution < -0.4 is 15.5 Å². The first-order valence-corrected chi connectivity index (χ1v) is 13.3. The van der Waals surface area contributed by atoms with Gasteiger partial charge in [0, 0.05) is 62.8 Å². The minimum atomic E-state index is -0.233. The number of carbonyl (C=O) groups excluding carboxylic acids is 3. The maximum Gasteiger partial charge on any atom is 0.317 e. The summed E-state index contributed by atoms with van der Waals surface area (Å²) in [7, 11) is 1.78. The summed E-state index contributed by atoms with van der Waals surface area (Å²) >= 11 is 0. The Balaban J connectivity index is 1.57. The van der Waals surface area contributed by atoms with Crippen molar-refractivity contribution in [2.45, 2.75) is 33.4 Å². The minimum absolute atomic E-state index is 0.0716. The summed E-state index contributed by atoms with van der Waals surface area (Å²) < 4.78 is 0. The Morgan fingerprint density at radius 1 is 0.897 bits per heavy atom. The molecule has 0 radical (unpaired) electrons. The van der Waals surface area contributed by atoms with Gasteiger partial charge in [-0.3, -0.25) is 9.59 Å². The number of amides is 4. The Morgan fingerprint density at radius 2 is 1.56 bits per heavy atom. The van der Waals surface area contributed by atoms with Crippen LogP contribution in [0.1, 0.15) is 45.7 Å². The molecule has 8 nitrogen and oxygen atoms in total. The molecule has 4 rings (SSSR count). The molecule has 1 fully saturated rings. The van der Waals surface area contributed by atoms with Gasteiger partial charge in [0.25, 0.3) is 11.8 Å². The Hall–Kier alpha value is -4.33. The lowest BCUT2D eigenvalue weighted by Gasteiger charge is -2.37. The topological polar surface area (TPSA) is 85.0 Å². The quantitative estimate of drug-likeness (QED) is 0.464. The molecule has 3 aromatic carbocycles. The summed E-state index contributed by atoms with van der Waals surface area (Å²) in [5.74, 6) is -0.371. The van der Waals surface area contributed by atoms with Crippen LogP contribution in [0, 0.1) is 6.92 Å². The van der Waals surface area contributed by atoms with Gasteiger partial charge >= 0.3 is 6.03 Å². The zero-order chi connectivity index (χ0) is 27.9. The lowest BCUT2D eigenvalue weighted by Crippen LogP contribution is -2.53. The Morgan fingerprint density at radius 3 is 2.21 bits per heavy atom. The van der Waals surface area contributed by atoms with E-state index in [0.717, 1.165) is 16.8 Å². The third-order valence-corrected chi connectivity index (χ3v) is 6.73. The molecule has 8 heteroatoms. The summed E-state index contributed by atoms with van der Waals surface area (Å²) in [6.45, 7) is 8.62. The van der Waals surface area contributed by atoms with Gasteiger partial charge in [-0.05, 0) is 56.7 Å². The molecule has 0 aliphatic carbocycles. The van der Waals surface area contributed by atoms with Crippen molar-refractivity contribution in [3.05, 3.63) is 95.1 Å². The molecular weight excluding hydrogens is 490 g/mol. The van der Waals surface area contributed by atoms with Gasteiger partial charge in [0.05, 0.1) is 5.56 Å². The number of rotatable bonds is 7. The molecular formula is C31H37N5O3. The summed E-state index contributed by atoms with van der Waals surface area (Å²) in [4.78, 5) is 44.7. The first-order valence-electron chi connectivity index (χ1n) is 13.3. The van der Waals surface area contributed by atoms with E-state index in [4.69, 9.17) is 0 Å². The average Bonchev–Trinajstić information content (AvgIpc) is 2.93. The largest absolute Gasteiger partial charge is 0.367 e. The van der Waals surface area contributed by atoms with Gasteiger partial charge in [0.15, 0.2) is 0 Å². The van der Waals surface area contributed by atoms with Crippen LogP contribution in [0.15, 0.2) is 72.8 Å². The highest BCUT2D eigenvalue weighted by atomic mass is 16.2. The molecule has 204 valence electrons. The van der Waals surface area contributed by atoms with E-state index >= 15 is 0 Å². The monoisotopic (exact) mass is 527 g/mol. The fourth-order valence-electron chi connectivity index (χ4n) is 4.59. The number of piperazine rings is 1. The smallest absolute Gasteiger partial charge is 0.317 e. The molecule has 0 atom stereocenters. The number of hydrogen-bond donors (Lipinski definition) is 2. The molecule has 1 aliphatic heterocycles. The van der Waals surface area contributed by atoms with E-state index in [1.54, 1.807) is 35.0 Å². The first kappa shape index (κ1) is 27.7. The molecule has 0 aromatic heterocycles. The number of urea groups is 1. The number of aryl methyl sites for hydroxylation is 1. The van der Waals surface area contributed by atoms with Gasteiger partial charge in [0.1, 0.15) is 0 Å². The van der Waals surface area contributed by atoms with Crippen LogP contribution in [-0.2, 0) is 6.54 Å². The molecule has 1 heterocycles. The molecule has 3 aromatic rings. The van der Waals surface area contributed by atoms with E-state index in [9.17, 15) is 14.4 Å². The maximum atomic E-state index is 13.8. The van der Waals surface area contributed by atoms with Crippen LogP contribution in [0.3, 0.4) is 0 Å². The molecule has 0 bridgehead atoms. The Kier molecular flexibility index (Phi) is 8.86. The van der Waals surface area contributed by atoms with Gasteiger partial charge in [-0.1, -0.05) is 48.0 Å². The van der Waals surface area contributed by atoms with Crippen LogP contribution in [0.5, 0.6) is 0 Å². The van der Waals surface area contributed by atoms with E-state index in [1.165, 1.54) is 0 Å². The highest BCUT2D eigenvalue weighted by Crippen LogP contribution is 2.28. The molecule has 4 amide bonds. The summed E-state index contributed by atoms with van der Waals surface area (Å²) in [5.41, 5.74) is 4.51. The predicted octanol–water partition coefficient (Wildman–Crippen LogP) is 4.76. The standard InChI is InChI=1S/C31H37N5O3/c1-22(2)32-31(39)36-18-16-35(17-19-36)28-15-14-26(33-29(37)25-12-10-23(3)11-13-25)20-27(28)30(38)34(4)21-24-8-6-5-7-9-24/h5-15,20,22H,16-19,21H2,1-4H3,(H,32,39)(H,33,37). The molecule has 0 saturated carbocycles. The summed E-state index contributed by atoms with van der Waals surface area (Å²) in [6.07, 6.45) is 0. The second-order valence-corrected chi connectivity index (χ2v) is 10.3. The van der Waals surface area contributed by atoms with Crippen LogP contribution in [0.25, 0.3) is 0 Å². The van der Waals surface area contributed by atoms with Crippen LogP contribution in [0.4, 0.5) is 16.2 Å². The van der Waals surface area contributed by atoms with Gasteiger partial charge in [-0.2, -0.15) is 0 Å². The number of anilines is 2. The fraction of sp³-hybridized carbons (Fsp3) is 0.323. The van der Waals surface area contributed by atoms with Crippen molar-refractivity contribution in [3.63, 3.8) is 0 Å². The van der Waals surface area contributed by atoms with Gasteiger partial charge in [0.2, 0.25) is 0 Å². The maximum absolute atomic E-state index is 13.8. The van der Waals surface area contributed by atoms with Crippen molar-refractivity contribution in [1.82, 2.24) is 15.1 Å². The van der Waals surface area contributed by atoms with Gasteiger partial charge < -0.3 is 25.3 Å². The van der Waals surface area contributed by atoms with Crippen molar-refractivity contribution in [1.29, 1.82) is 0 Å². The predicted molar refractivity (Wildman–Crippen MR) is 155 cm³/mol. The van der Waals surface area contributed by atoms with Crippen molar-refractivity contribution in [3.8, 4) is 0 Å². The highest BCUT2D eigenvalue weighted by molar-refractivity contribution is 6.06. The fourth-order valence-corrected chi connectivity index (χ4v) is 4.59. The van der Waals surface area contributed by atoms with Crippen LogP contribution >= 0.6 is 0 Å². The van der Waals surface area contributed by atoms with Crippen molar-refractivity contribution < 1.29 is 14.4 Å². The summed E-state index contributed by atoms with van der Waals surface area (Å²) in [5, 5.41) is 5.89. The van der Waals surface area contributed by atoms with E-state index in [-0.39, 0.29) is 23.9 Å². The van der Waals surface area contributed by atoms with E-state index in [0.29, 0.717) is 49.5 Å². The van der Waals surface area contributed by atoms with Crippen LogP contribution in [0.2, 0.25) is 0 Å². The normalized spacial score (nSPS) is 13.3. The molecule has 1 saturated heterocycles. The van der Waals surface area contributed by atoms with E-state index < -0.39 is 0 Å². The van der Waals surface area contributed by atoms with Gasteiger partial charge in [-0.15, -0.1) is 0 Å². The number of benzene rings is 3. The molecule has 0 unspecified atom stereocenters. The second kappa shape index (κ2) is 12.5. The zero-order valence-corrected chi connectivity index (χ0v) is 23.1. The molecule has 1 aliphatic rings. The number of hydrogen-bond acceptors (Lipinski definition) is 4. The minimum Gasteiger partial charge on any atom is -0.367 e. The number of nitrogens with one attached hydrogen (secondary N) is 2. The third-order valence-electron chi connectivity index (χ3n) is 6.73. The lowest BCUT2D eigenvalue weighted by molar-refractivity contribution is 0.0785. The Labute approximate surface area is 230 Å². The first-order chi connectivity index (χ1) is 18.7. The average molecular weight is 528 g/mol. The van der Waals surface area contributed by atoms with Crippen LogP contribution in [-0.4, -0.2) is 66.9 Å². The second-order valence-electron chi connectivity index (χ2n) is 10.3. The molecule has 39 heavy (non-hydrogen) atoms. The van der Waals surface area contributed by atoms with Crippen molar-refractivity contribution >= 4 is 29.2 Å².